The molecular weight excluding hydrogens is 416 g/mol. The molecule has 168 valence electrons. The first kappa shape index (κ1) is 21.1. The molecule has 8 nitrogen and oxygen atoms in total. The summed E-state index contributed by atoms with van der Waals surface area (Å²) in [6.07, 6.45) is 4.96. The molecule has 1 saturated heterocycles. The first-order valence-corrected chi connectivity index (χ1v) is 11.2. The lowest BCUT2D eigenvalue weighted by molar-refractivity contribution is 0.0996. The fraction of sp³-hybridized carbons (Fsp3) is 0.280. The number of amides is 1. The van der Waals surface area contributed by atoms with Crippen molar-refractivity contribution in [3.8, 4) is 5.69 Å². The fourth-order valence-corrected chi connectivity index (χ4v) is 4.32. The minimum atomic E-state index is -0.299. The topological polar surface area (TPSA) is 89.1 Å². The Morgan fingerprint density at radius 2 is 1.88 bits per heavy atom. The van der Waals surface area contributed by atoms with E-state index >= 15 is 0 Å². The lowest BCUT2D eigenvalue weighted by atomic mass is 9.90. The second kappa shape index (κ2) is 9.79. The van der Waals surface area contributed by atoms with Gasteiger partial charge < -0.3 is 9.73 Å². The number of benzene rings is 2. The normalized spacial score (nSPS) is 14.9. The van der Waals surface area contributed by atoms with Crippen molar-refractivity contribution in [2.45, 2.75) is 25.8 Å². The maximum atomic E-state index is 12.3. The predicted octanol–water partition coefficient (Wildman–Crippen LogP) is 3.96. The van der Waals surface area contributed by atoms with Gasteiger partial charge in [0.25, 0.3) is 5.91 Å². The standard InChI is InChI=1S/C25H26N6O2/c32-25(23-10-5-15-33-23)26-21-8-4-9-22(17-21)31-24(27-28-29-31)18-30-13-11-20(12-14-30)16-19-6-2-1-3-7-19/h1-10,15,17,20H,11-14,16,18H2,(H,26,32). The Hall–Kier alpha value is -3.78. The van der Waals surface area contributed by atoms with Crippen LogP contribution in [0.5, 0.6) is 0 Å². The number of hydrogen-bond acceptors (Lipinski definition) is 6. The van der Waals surface area contributed by atoms with Crippen LogP contribution in [-0.4, -0.2) is 44.1 Å². The Morgan fingerprint density at radius 1 is 1.03 bits per heavy atom. The number of likely N-dealkylation sites (tertiary alicyclic amines) is 1. The fourth-order valence-electron chi connectivity index (χ4n) is 4.32. The Kier molecular flexibility index (Phi) is 6.25. The van der Waals surface area contributed by atoms with Crippen LogP contribution in [0.4, 0.5) is 5.69 Å². The molecule has 2 aromatic heterocycles. The van der Waals surface area contributed by atoms with Crippen molar-refractivity contribution in [1.82, 2.24) is 25.1 Å². The number of hydrogen-bond donors (Lipinski definition) is 1. The average Bonchev–Trinajstić information content (AvgIpc) is 3.54. The molecule has 8 heteroatoms. The smallest absolute Gasteiger partial charge is 0.291 e. The zero-order chi connectivity index (χ0) is 22.5. The van der Waals surface area contributed by atoms with Gasteiger partial charge in [0, 0.05) is 5.69 Å². The average molecular weight is 443 g/mol. The lowest BCUT2D eigenvalue weighted by Gasteiger charge is -2.31. The molecule has 5 rings (SSSR count). The Labute approximate surface area is 192 Å². The van der Waals surface area contributed by atoms with E-state index in [0.717, 1.165) is 31.0 Å². The Morgan fingerprint density at radius 3 is 2.67 bits per heavy atom. The SMILES string of the molecule is O=C(Nc1cccc(-n2nnnc2CN2CCC(Cc3ccccc3)CC2)c1)c1ccco1. The molecule has 1 N–H and O–H groups in total. The number of tetrazole rings is 1. The molecule has 1 aliphatic heterocycles. The maximum absolute atomic E-state index is 12.3. The second-order valence-corrected chi connectivity index (χ2v) is 8.40. The van der Waals surface area contributed by atoms with Gasteiger partial charge in [-0.05, 0) is 84.6 Å². The van der Waals surface area contributed by atoms with Gasteiger partial charge in [-0.1, -0.05) is 36.4 Å². The van der Waals surface area contributed by atoms with Crippen LogP contribution in [0.25, 0.3) is 5.69 Å². The number of carbonyl (C=O) groups is 1. The first-order valence-electron chi connectivity index (χ1n) is 11.2. The number of piperidine rings is 1. The van der Waals surface area contributed by atoms with Gasteiger partial charge in [-0.2, -0.15) is 4.68 Å². The van der Waals surface area contributed by atoms with E-state index in [1.54, 1.807) is 16.8 Å². The van der Waals surface area contributed by atoms with E-state index in [1.165, 1.54) is 24.7 Å². The summed E-state index contributed by atoms with van der Waals surface area (Å²) in [5.41, 5.74) is 2.86. The van der Waals surface area contributed by atoms with Crippen LogP contribution >= 0.6 is 0 Å². The third-order valence-electron chi connectivity index (χ3n) is 6.07. The molecule has 0 atom stereocenters. The minimum absolute atomic E-state index is 0.263. The molecule has 1 aliphatic rings. The summed E-state index contributed by atoms with van der Waals surface area (Å²) < 4.78 is 6.89. The van der Waals surface area contributed by atoms with E-state index in [4.69, 9.17) is 4.42 Å². The maximum Gasteiger partial charge on any atom is 0.291 e. The van der Waals surface area contributed by atoms with Crippen LogP contribution in [0, 0.1) is 5.92 Å². The number of carbonyl (C=O) groups excluding carboxylic acids is 1. The number of furan rings is 1. The van der Waals surface area contributed by atoms with Gasteiger partial charge in [0.15, 0.2) is 11.6 Å². The highest BCUT2D eigenvalue weighted by Gasteiger charge is 2.22. The molecule has 3 heterocycles. The van der Waals surface area contributed by atoms with E-state index in [2.05, 4.69) is 56.1 Å². The Balaban J connectivity index is 1.21. The van der Waals surface area contributed by atoms with Crippen LogP contribution in [0.2, 0.25) is 0 Å². The third kappa shape index (κ3) is 5.18. The van der Waals surface area contributed by atoms with Crippen molar-refractivity contribution in [2.24, 2.45) is 5.92 Å². The molecule has 2 aromatic carbocycles. The highest BCUT2D eigenvalue weighted by Crippen LogP contribution is 2.23. The lowest BCUT2D eigenvalue weighted by Crippen LogP contribution is -2.34. The number of rotatable bonds is 7. The van der Waals surface area contributed by atoms with Gasteiger partial charge in [0.05, 0.1) is 18.5 Å². The highest BCUT2D eigenvalue weighted by molar-refractivity contribution is 6.02. The van der Waals surface area contributed by atoms with Crippen LogP contribution < -0.4 is 5.32 Å². The Bertz CT molecular complexity index is 1180. The van der Waals surface area contributed by atoms with Gasteiger partial charge in [0.1, 0.15) is 0 Å². The summed E-state index contributed by atoms with van der Waals surface area (Å²) >= 11 is 0. The summed E-state index contributed by atoms with van der Waals surface area (Å²) in [5.74, 6) is 1.46. The number of aromatic nitrogens is 4. The summed E-state index contributed by atoms with van der Waals surface area (Å²) in [6.45, 7) is 2.75. The molecule has 0 aliphatic carbocycles. The molecular formula is C25H26N6O2. The van der Waals surface area contributed by atoms with Gasteiger partial charge in [-0.25, -0.2) is 0 Å². The van der Waals surface area contributed by atoms with Crippen molar-refractivity contribution in [3.63, 3.8) is 0 Å². The van der Waals surface area contributed by atoms with Gasteiger partial charge in [0.2, 0.25) is 0 Å². The van der Waals surface area contributed by atoms with E-state index < -0.39 is 0 Å². The minimum Gasteiger partial charge on any atom is -0.459 e. The molecule has 0 spiro atoms. The largest absolute Gasteiger partial charge is 0.459 e. The van der Waals surface area contributed by atoms with Crippen molar-refractivity contribution in [1.29, 1.82) is 0 Å². The number of anilines is 1. The molecule has 0 saturated carbocycles. The van der Waals surface area contributed by atoms with E-state index in [9.17, 15) is 4.79 Å². The molecule has 0 radical (unpaired) electrons. The van der Waals surface area contributed by atoms with Crippen LogP contribution in [0.3, 0.4) is 0 Å². The summed E-state index contributed by atoms with van der Waals surface area (Å²) in [5, 5.41) is 15.2. The van der Waals surface area contributed by atoms with Crippen molar-refractivity contribution in [2.75, 3.05) is 18.4 Å². The van der Waals surface area contributed by atoms with Gasteiger partial charge in [-0.15, -0.1) is 5.10 Å². The second-order valence-electron chi connectivity index (χ2n) is 8.40. The van der Waals surface area contributed by atoms with Gasteiger partial charge in [-0.3, -0.25) is 9.69 Å². The molecule has 33 heavy (non-hydrogen) atoms. The van der Waals surface area contributed by atoms with Crippen LogP contribution in [0.1, 0.15) is 34.8 Å². The first-order chi connectivity index (χ1) is 16.2. The van der Waals surface area contributed by atoms with Crippen molar-refractivity contribution < 1.29 is 9.21 Å². The van der Waals surface area contributed by atoms with Crippen LogP contribution in [-0.2, 0) is 13.0 Å². The van der Waals surface area contributed by atoms with E-state index in [1.807, 2.05) is 24.3 Å². The molecule has 1 fully saturated rings. The number of nitrogens with one attached hydrogen (secondary N) is 1. The molecule has 4 aromatic rings. The summed E-state index contributed by atoms with van der Waals surface area (Å²) in [4.78, 5) is 14.7. The highest BCUT2D eigenvalue weighted by atomic mass is 16.3. The predicted molar refractivity (Wildman–Crippen MR) is 124 cm³/mol. The van der Waals surface area contributed by atoms with E-state index in [-0.39, 0.29) is 11.7 Å². The molecule has 0 unspecified atom stereocenters. The van der Waals surface area contributed by atoms with E-state index in [0.29, 0.717) is 18.2 Å². The summed E-state index contributed by atoms with van der Waals surface area (Å²) in [6, 6.07) is 21.5. The monoisotopic (exact) mass is 442 g/mol. The van der Waals surface area contributed by atoms with Gasteiger partial charge >= 0.3 is 0 Å². The van der Waals surface area contributed by atoms with Crippen molar-refractivity contribution >= 4 is 11.6 Å². The zero-order valence-electron chi connectivity index (χ0n) is 18.3. The molecule has 0 bridgehead atoms. The zero-order valence-corrected chi connectivity index (χ0v) is 18.3. The van der Waals surface area contributed by atoms with Crippen LogP contribution in [0.15, 0.2) is 77.4 Å². The third-order valence-corrected chi connectivity index (χ3v) is 6.07. The summed E-state index contributed by atoms with van der Waals surface area (Å²) in [7, 11) is 0. The van der Waals surface area contributed by atoms with Crippen molar-refractivity contribution in [3.05, 3.63) is 90.1 Å². The quantitative estimate of drug-likeness (QED) is 0.466. The molecule has 1 amide bonds. The number of nitrogens with zero attached hydrogens (tertiary/aromatic N) is 5.